The number of benzene rings is 1. The van der Waals surface area contributed by atoms with Crippen molar-refractivity contribution in [2.45, 2.75) is 46.7 Å². The molecule has 1 aromatic carbocycles. The molecule has 3 aromatic rings. The number of aliphatic imine (C=N–C) groups is 1. The number of guanidine groups is 1. The van der Waals surface area contributed by atoms with Gasteiger partial charge < -0.3 is 15.2 Å². The van der Waals surface area contributed by atoms with Gasteiger partial charge in [-0.05, 0) is 38.8 Å². The number of fused-ring (bicyclic) bond motifs is 1. The van der Waals surface area contributed by atoms with E-state index in [0.29, 0.717) is 6.54 Å². The first kappa shape index (κ1) is 19.4. The average Bonchev–Trinajstić information content (AvgIpc) is 3.27. The molecular formula is C20H28N6S. The van der Waals surface area contributed by atoms with Crippen molar-refractivity contribution in [1.29, 1.82) is 0 Å². The first-order chi connectivity index (χ1) is 13.2. The number of hydrogen-bond donors (Lipinski definition) is 2. The summed E-state index contributed by atoms with van der Waals surface area (Å²) in [6, 6.07) is 8.30. The Bertz CT molecular complexity index is 895. The third-order valence-electron chi connectivity index (χ3n) is 4.34. The molecule has 27 heavy (non-hydrogen) atoms. The highest BCUT2D eigenvalue weighted by Gasteiger charge is 2.06. The SMILES string of the molecule is CCNC(=NCc1csc(CC)n1)NCCCn1c(C)nc2ccccc21. The third kappa shape index (κ3) is 5.07. The lowest BCUT2D eigenvalue weighted by Gasteiger charge is -2.12. The molecule has 3 rings (SSSR count). The standard InChI is InChI=1S/C20H28N6S/c1-4-19-25-16(14-27-19)13-23-20(21-5-2)22-11-8-12-26-15(3)24-17-9-6-7-10-18(17)26/h6-7,9-10,14H,4-5,8,11-13H2,1-3H3,(H2,21,22,23). The molecule has 0 saturated heterocycles. The zero-order valence-electron chi connectivity index (χ0n) is 16.3. The third-order valence-corrected chi connectivity index (χ3v) is 5.38. The van der Waals surface area contributed by atoms with E-state index in [2.05, 4.69) is 74.5 Å². The van der Waals surface area contributed by atoms with Crippen molar-refractivity contribution in [2.75, 3.05) is 13.1 Å². The molecule has 0 amide bonds. The largest absolute Gasteiger partial charge is 0.357 e. The maximum atomic E-state index is 4.65. The first-order valence-corrected chi connectivity index (χ1v) is 10.5. The highest BCUT2D eigenvalue weighted by molar-refractivity contribution is 7.09. The molecule has 0 aliphatic rings. The quantitative estimate of drug-likeness (QED) is 0.354. The molecule has 144 valence electrons. The van der Waals surface area contributed by atoms with Gasteiger partial charge in [-0.3, -0.25) is 0 Å². The lowest BCUT2D eigenvalue weighted by atomic mass is 10.3. The average molecular weight is 385 g/mol. The van der Waals surface area contributed by atoms with Gasteiger partial charge in [0.15, 0.2) is 5.96 Å². The van der Waals surface area contributed by atoms with Gasteiger partial charge in [0.2, 0.25) is 0 Å². The zero-order valence-corrected chi connectivity index (χ0v) is 17.1. The Balaban J connectivity index is 1.53. The van der Waals surface area contributed by atoms with Crippen LogP contribution in [0.25, 0.3) is 11.0 Å². The van der Waals surface area contributed by atoms with Crippen LogP contribution in [0.2, 0.25) is 0 Å². The van der Waals surface area contributed by atoms with Crippen LogP contribution in [0.15, 0.2) is 34.6 Å². The molecule has 2 aromatic heterocycles. The monoisotopic (exact) mass is 384 g/mol. The molecule has 0 fully saturated rings. The molecule has 0 spiro atoms. The molecule has 7 heteroatoms. The van der Waals surface area contributed by atoms with Crippen molar-refractivity contribution in [3.63, 3.8) is 0 Å². The van der Waals surface area contributed by atoms with Crippen LogP contribution < -0.4 is 10.6 Å². The van der Waals surface area contributed by atoms with Gasteiger partial charge in [0.05, 0.1) is 28.3 Å². The molecule has 0 radical (unpaired) electrons. The Hall–Kier alpha value is -2.41. The van der Waals surface area contributed by atoms with Crippen molar-refractivity contribution in [3.8, 4) is 0 Å². The number of aromatic nitrogens is 3. The van der Waals surface area contributed by atoms with Crippen LogP contribution in [0.4, 0.5) is 0 Å². The van der Waals surface area contributed by atoms with Crippen molar-refractivity contribution < 1.29 is 0 Å². The molecule has 0 bridgehead atoms. The van der Waals surface area contributed by atoms with Gasteiger partial charge in [0, 0.05) is 25.0 Å². The molecule has 2 heterocycles. The minimum Gasteiger partial charge on any atom is -0.357 e. The maximum Gasteiger partial charge on any atom is 0.191 e. The Kier molecular flexibility index (Phi) is 6.81. The number of aryl methyl sites for hydroxylation is 3. The van der Waals surface area contributed by atoms with E-state index in [9.17, 15) is 0 Å². The number of imidazole rings is 1. The minimum atomic E-state index is 0.608. The molecule has 0 atom stereocenters. The van der Waals surface area contributed by atoms with Gasteiger partial charge in [0.25, 0.3) is 0 Å². The van der Waals surface area contributed by atoms with E-state index >= 15 is 0 Å². The Morgan fingerprint density at radius 3 is 2.81 bits per heavy atom. The second-order valence-corrected chi connectivity index (χ2v) is 7.30. The van der Waals surface area contributed by atoms with Crippen LogP contribution in [-0.2, 0) is 19.5 Å². The van der Waals surface area contributed by atoms with Crippen LogP contribution in [0.5, 0.6) is 0 Å². The van der Waals surface area contributed by atoms with Crippen LogP contribution in [0.3, 0.4) is 0 Å². The smallest absolute Gasteiger partial charge is 0.191 e. The molecule has 6 nitrogen and oxygen atoms in total. The number of nitrogens with zero attached hydrogens (tertiary/aromatic N) is 4. The molecular weight excluding hydrogens is 356 g/mol. The summed E-state index contributed by atoms with van der Waals surface area (Å²) < 4.78 is 2.28. The lowest BCUT2D eigenvalue weighted by molar-refractivity contribution is 0.624. The fourth-order valence-electron chi connectivity index (χ4n) is 3.01. The van der Waals surface area contributed by atoms with E-state index in [1.807, 2.05) is 6.07 Å². The van der Waals surface area contributed by atoms with Crippen LogP contribution in [-0.4, -0.2) is 33.6 Å². The van der Waals surface area contributed by atoms with Gasteiger partial charge in [-0.25, -0.2) is 15.0 Å². The fraction of sp³-hybridized carbons (Fsp3) is 0.450. The predicted octanol–water partition coefficient (Wildman–Crippen LogP) is 3.51. The Morgan fingerprint density at radius 2 is 2.04 bits per heavy atom. The summed E-state index contributed by atoms with van der Waals surface area (Å²) in [5, 5.41) is 9.99. The van der Waals surface area contributed by atoms with E-state index in [-0.39, 0.29) is 0 Å². The summed E-state index contributed by atoms with van der Waals surface area (Å²) in [4.78, 5) is 13.9. The highest BCUT2D eigenvalue weighted by Crippen LogP contribution is 2.15. The number of nitrogens with one attached hydrogen (secondary N) is 2. The summed E-state index contributed by atoms with van der Waals surface area (Å²) in [7, 11) is 0. The Labute approximate surface area is 164 Å². The number of hydrogen-bond acceptors (Lipinski definition) is 4. The second-order valence-electron chi connectivity index (χ2n) is 6.36. The number of para-hydroxylation sites is 2. The van der Waals surface area contributed by atoms with Gasteiger partial charge in [-0.1, -0.05) is 19.1 Å². The molecule has 0 aliphatic heterocycles. The molecule has 0 aliphatic carbocycles. The highest BCUT2D eigenvalue weighted by atomic mass is 32.1. The van der Waals surface area contributed by atoms with Crippen molar-refractivity contribution in [2.24, 2.45) is 4.99 Å². The fourth-order valence-corrected chi connectivity index (χ4v) is 3.74. The van der Waals surface area contributed by atoms with E-state index in [1.165, 1.54) is 10.5 Å². The normalized spacial score (nSPS) is 11.9. The van der Waals surface area contributed by atoms with Crippen LogP contribution in [0, 0.1) is 6.92 Å². The van der Waals surface area contributed by atoms with E-state index in [0.717, 1.165) is 55.5 Å². The first-order valence-electron chi connectivity index (χ1n) is 9.58. The van der Waals surface area contributed by atoms with Crippen molar-refractivity contribution >= 4 is 28.3 Å². The lowest BCUT2D eigenvalue weighted by Crippen LogP contribution is -2.38. The molecule has 0 unspecified atom stereocenters. The summed E-state index contributed by atoms with van der Waals surface area (Å²) in [5.41, 5.74) is 3.30. The summed E-state index contributed by atoms with van der Waals surface area (Å²) in [5.74, 6) is 1.91. The van der Waals surface area contributed by atoms with Crippen LogP contribution in [0.1, 0.15) is 36.8 Å². The van der Waals surface area contributed by atoms with Gasteiger partial charge in [0.1, 0.15) is 5.82 Å². The number of thiazole rings is 1. The molecule has 2 N–H and O–H groups in total. The Morgan fingerprint density at radius 1 is 1.19 bits per heavy atom. The van der Waals surface area contributed by atoms with Crippen LogP contribution >= 0.6 is 11.3 Å². The zero-order chi connectivity index (χ0) is 19.1. The predicted molar refractivity (Wildman–Crippen MR) is 113 cm³/mol. The van der Waals surface area contributed by atoms with Gasteiger partial charge >= 0.3 is 0 Å². The molecule has 0 saturated carbocycles. The maximum absolute atomic E-state index is 4.65. The van der Waals surface area contributed by atoms with Gasteiger partial charge in [-0.15, -0.1) is 11.3 Å². The minimum absolute atomic E-state index is 0.608. The topological polar surface area (TPSA) is 67.1 Å². The van der Waals surface area contributed by atoms with E-state index in [1.54, 1.807) is 11.3 Å². The number of rotatable bonds is 8. The van der Waals surface area contributed by atoms with E-state index in [4.69, 9.17) is 0 Å². The second kappa shape index (κ2) is 9.50. The summed E-state index contributed by atoms with van der Waals surface area (Å²) >= 11 is 1.71. The summed E-state index contributed by atoms with van der Waals surface area (Å²) in [6.45, 7) is 9.52. The van der Waals surface area contributed by atoms with E-state index < -0.39 is 0 Å². The summed E-state index contributed by atoms with van der Waals surface area (Å²) in [6.07, 6.45) is 1.98. The van der Waals surface area contributed by atoms with Crippen molar-refractivity contribution in [1.82, 2.24) is 25.2 Å². The van der Waals surface area contributed by atoms with Crippen molar-refractivity contribution in [3.05, 3.63) is 46.2 Å². The van der Waals surface area contributed by atoms with Gasteiger partial charge in [-0.2, -0.15) is 0 Å².